The van der Waals surface area contributed by atoms with E-state index in [0.29, 0.717) is 0 Å². The van der Waals surface area contributed by atoms with Crippen molar-refractivity contribution in [3.05, 3.63) is 59.8 Å². The van der Waals surface area contributed by atoms with Gasteiger partial charge < -0.3 is 10.1 Å². The minimum atomic E-state index is 0.141. The lowest BCUT2D eigenvalue weighted by atomic mass is 10.2. The molecular formula is C16H20N2O. The van der Waals surface area contributed by atoms with Crippen molar-refractivity contribution in [2.24, 2.45) is 0 Å². The molecule has 3 heteroatoms. The lowest BCUT2D eigenvalue weighted by molar-refractivity contribution is 0.229. The Hall–Kier alpha value is -1.87. The van der Waals surface area contributed by atoms with E-state index in [1.807, 2.05) is 44.2 Å². The van der Waals surface area contributed by atoms with Crippen LogP contribution >= 0.6 is 0 Å². The summed E-state index contributed by atoms with van der Waals surface area (Å²) in [5, 5.41) is 3.41. The lowest BCUT2D eigenvalue weighted by Crippen LogP contribution is -2.15. The molecule has 0 amide bonds. The maximum atomic E-state index is 5.70. The fraction of sp³-hybridized carbons (Fsp3) is 0.312. The van der Waals surface area contributed by atoms with E-state index in [4.69, 9.17) is 4.74 Å². The molecule has 19 heavy (non-hydrogen) atoms. The van der Waals surface area contributed by atoms with E-state index in [0.717, 1.165) is 24.5 Å². The van der Waals surface area contributed by atoms with Crippen molar-refractivity contribution in [2.45, 2.75) is 33.0 Å². The number of hydrogen-bond donors (Lipinski definition) is 1. The summed E-state index contributed by atoms with van der Waals surface area (Å²) < 4.78 is 5.70. The summed E-state index contributed by atoms with van der Waals surface area (Å²) in [6.45, 7) is 5.62. The molecule has 2 rings (SSSR count). The largest absolute Gasteiger partial charge is 0.475 e. The zero-order valence-electron chi connectivity index (χ0n) is 11.5. The van der Waals surface area contributed by atoms with E-state index < -0.39 is 0 Å². The predicted octanol–water partition coefficient (Wildman–Crippen LogP) is 3.16. The minimum absolute atomic E-state index is 0.141. The quantitative estimate of drug-likeness (QED) is 0.862. The monoisotopic (exact) mass is 256 g/mol. The van der Waals surface area contributed by atoms with Gasteiger partial charge in [0.2, 0.25) is 5.88 Å². The van der Waals surface area contributed by atoms with Crippen molar-refractivity contribution in [2.75, 3.05) is 0 Å². The number of rotatable bonds is 6. The maximum Gasteiger partial charge on any atom is 0.218 e. The van der Waals surface area contributed by atoms with Crippen LogP contribution in [0.3, 0.4) is 0 Å². The minimum Gasteiger partial charge on any atom is -0.475 e. The van der Waals surface area contributed by atoms with Gasteiger partial charge in [0.1, 0.15) is 0 Å². The molecule has 0 spiro atoms. The summed E-state index contributed by atoms with van der Waals surface area (Å²) in [7, 11) is 0. The van der Waals surface area contributed by atoms with Crippen LogP contribution in [-0.2, 0) is 13.1 Å². The number of hydrogen-bond acceptors (Lipinski definition) is 3. The van der Waals surface area contributed by atoms with Gasteiger partial charge in [0.15, 0.2) is 0 Å². The molecule has 0 fully saturated rings. The standard InChI is InChI=1S/C16H20N2O/c1-13(2)19-16-15(9-6-10-18-16)12-17-11-14-7-4-3-5-8-14/h3-10,13,17H,11-12H2,1-2H3. The first-order chi connectivity index (χ1) is 9.25. The molecular weight excluding hydrogens is 236 g/mol. The number of nitrogens with one attached hydrogen (secondary N) is 1. The summed E-state index contributed by atoms with van der Waals surface area (Å²) >= 11 is 0. The topological polar surface area (TPSA) is 34.1 Å². The fourth-order valence-corrected chi connectivity index (χ4v) is 1.83. The second-order valence-corrected chi connectivity index (χ2v) is 4.72. The summed E-state index contributed by atoms with van der Waals surface area (Å²) in [5.41, 5.74) is 2.37. The van der Waals surface area contributed by atoms with Crippen molar-refractivity contribution in [3.8, 4) is 5.88 Å². The van der Waals surface area contributed by atoms with Crippen LogP contribution in [0.2, 0.25) is 0 Å². The van der Waals surface area contributed by atoms with Gasteiger partial charge in [0, 0.05) is 24.8 Å². The molecule has 0 radical (unpaired) electrons. The highest BCUT2D eigenvalue weighted by molar-refractivity contribution is 5.25. The number of pyridine rings is 1. The molecule has 3 nitrogen and oxygen atoms in total. The Kier molecular flexibility index (Phi) is 4.93. The summed E-state index contributed by atoms with van der Waals surface area (Å²) in [4.78, 5) is 4.28. The van der Waals surface area contributed by atoms with Crippen molar-refractivity contribution in [1.29, 1.82) is 0 Å². The zero-order valence-corrected chi connectivity index (χ0v) is 11.5. The van der Waals surface area contributed by atoms with E-state index in [9.17, 15) is 0 Å². The van der Waals surface area contributed by atoms with Crippen molar-refractivity contribution in [1.82, 2.24) is 10.3 Å². The first kappa shape index (κ1) is 13.6. The second kappa shape index (κ2) is 6.90. The molecule has 1 N–H and O–H groups in total. The zero-order chi connectivity index (χ0) is 13.5. The molecule has 1 aromatic heterocycles. The number of aromatic nitrogens is 1. The van der Waals surface area contributed by atoms with Gasteiger partial charge in [-0.3, -0.25) is 0 Å². The Morgan fingerprint density at radius 3 is 2.58 bits per heavy atom. The van der Waals surface area contributed by atoms with Gasteiger partial charge in [0.05, 0.1) is 6.10 Å². The van der Waals surface area contributed by atoms with Crippen LogP contribution in [0.4, 0.5) is 0 Å². The highest BCUT2D eigenvalue weighted by atomic mass is 16.5. The van der Waals surface area contributed by atoms with Crippen LogP contribution in [0, 0.1) is 0 Å². The van der Waals surface area contributed by atoms with Crippen molar-refractivity contribution in [3.63, 3.8) is 0 Å². The van der Waals surface area contributed by atoms with Gasteiger partial charge in [0.25, 0.3) is 0 Å². The first-order valence-electron chi connectivity index (χ1n) is 6.61. The van der Waals surface area contributed by atoms with Crippen LogP contribution in [0.5, 0.6) is 5.88 Å². The molecule has 0 aliphatic carbocycles. The van der Waals surface area contributed by atoms with E-state index in [-0.39, 0.29) is 6.10 Å². The predicted molar refractivity (Wildman–Crippen MR) is 77.0 cm³/mol. The third-order valence-corrected chi connectivity index (χ3v) is 2.68. The van der Waals surface area contributed by atoms with Gasteiger partial charge in [-0.1, -0.05) is 36.4 Å². The average molecular weight is 256 g/mol. The molecule has 0 bridgehead atoms. The van der Waals surface area contributed by atoms with E-state index in [1.54, 1.807) is 6.20 Å². The van der Waals surface area contributed by atoms with Crippen LogP contribution < -0.4 is 10.1 Å². The number of benzene rings is 1. The Morgan fingerprint density at radius 1 is 1.05 bits per heavy atom. The fourth-order valence-electron chi connectivity index (χ4n) is 1.83. The highest BCUT2D eigenvalue weighted by Gasteiger charge is 2.05. The molecule has 100 valence electrons. The molecule has 0 aliphatic heterocycles. The van der Waals surface area contributed by atoms with Gasteiger partial charge in [-0.2, -0.15) is 0 Å². The lowest BCUT2D eigenvalue weighted by Gasteiger charge is -2.13. The highest BCUT2D eigenvalue weighted by Crippen LogP contribution is 2.15. The van der Waals surface area contributed by atoms with Gasteiger partial charge in [-0.25, -0.2) is 4.98 Å². The Balaban J connectivity index is 1.92. The van der Waals surface area contributed by atoms with E-state index in [2.05, 4.69) is 22.4 Å². The Morgan fingerprint density at radius 2 is 1.84 bits per heavy atom. The smallest absolute Gasteiger partial charge is 0.218 e. The summed E-state index contributed by atoms with van der Waals surface area (Å²) in [6, 6.07) is 14.3. The van der Waals surface area contributed by atoms with E-state index >= 15 is 0 Å². The van der Waals surface area contributed by atoms with Crippen LogP contribution in [-0.4, -0.2) is 11.1 Å². The molecule has 0 saturated carbocycles. The molecule has 0 saturated heterocycles. The van der Waals surface area contributed by atoms with Gasteiger partial charge >= 0.3 is 0 Å². The Labute approximate surface area is 114 Å². The molecule has 0 atom stereocenters. The normalized spacial score (nSPS) is 10.7. The summed E-state index contributed by atoms with van der Waals surface area (Å²) in [5.74, 6) is 0.720. The van der Waals surface area contributed by atoms with Crippen molar-refractivity contribution < 1.29 is 4.74 Å². The van der Waals surface area contributed by atoms with E-state index in [1.165, 1.54) is 5.56 Å². The number of ether oxygens (including phenoxy) is 1. The molecule has 1 heterocycles. The van der Waals surface area contributed by atoms with Crippen LogP contribution in [0.25, 0.3) is 0 Å². The molecule has 0 unspecified atom stereocenters. The third-order valence-electron chi connectivity index (χ3n) is 2.68. The Bertz CT molecular complexity index is 497. The second-order valence-electron chi connectivity index (χ2n) is 4.72. The molecule has 2 aromatic rings. The van der Waals surface area contributed by atoms with Gasteiger partial charge in [-0.15, -0.1) is 0 Å². The number of nitrogens with zero attached hydrogens (tertiary/aromatic N) is 1. The molecule has 1 aromatic carbocycles. The average Bonchev–Trinajstić information content (AvgIpc) is 2.41. The first-order valence-corrected chi connectivity index (χ1v) is 6.61. The maximum absolute atomic E-state index is 5.70. The molecule has 0 aliphatic rings. The van der Waals surface area contributed by atoms with Crippen LogP contribution in [0.1, 0.15) is 25.0 Å². The third kappa shape index (κ3) is 4.38. The SMILES string of the molecule is CC(C)Oc1ncccc1CNCc1ccccc1. The van der Waals surface area contributed by atoms with Gasteiger partial charge in [-0.05, 0) is 25.5 Å². The summed E-state index contributed by atoms with van der Waals surface area (Å²) in [6.07, 6.45) is 1.90. The van der Waals surface area contributed by atoms with Crippen LogP contribution in [0.15, 0.2) is 48.7 Å². The van der Waals surface area contributed by atoms with Crippen molar-refractivity contribution >= 4 is 0 Å².